The molecule has 8 heteroatoms. The second kappa shape index (κ2) is 5.79. The van der Waals surface area contributed by atoms with E-state index in [4.69, 9.17) is 4.42 Å². The van der Waals surface area contributed by atoms with E-state index < -0.39 is 18.0 Å². The SMILES string of the molecule is Cc1ccc2c(CC(=O)Nc3nnn(C)c3C(F)F)coc2c1. The number of alkyl halides is 2. The zero-order chi connectivity index (χ0) is 16.6. The Balaban J connectivity index is 1.79. The zero-order valence-electron chi connectivity index (χ0n) is 12.5. The van der Waals surface area contributed by atoms with Gasteiger partial charge in [0.2, 0.25) is 5.91 Å². The molecule has 3 rings (SSSR count). The van der Waals surface area contributed by atoms with Crippen molar-refractivity contribution in [3.63, 3.8) is 0 Å². The van der Waals surface area contributed by atoms with Crippen LogP contribution in [0.5, 0.6) is 0 Å². The number of halogens is 2. The lowest BCUT2D eigenvalue weighted by atomic mass is 10.1. The highest BCUT2D eigenvalue weighted by molar-refractivity contribution is 5.95. The van der Waals surface area contributed by atoms with E-state index in [0.717, 1.165) is 15.6 Å². The third kappa shape index (κ3) is 2.92. The Morgan fingerprint density at radius 3 is 2.96 bits per heavy atom. The van der Waals surface area contributed by atoms with Gasteiger partial charge in [0.1, 0.15) is 11.3 Å². The van der Waals surface area contributed by atoms with Crippen molar-refractivity contribution in [3.05, 3.63) is 41.3 Å². The predicted molar refractivity (Wildman–Crippen MR) is 79.2 cm³/mol. The second-order valence-corrected chi connectivity index (χ2v) is 5.23. The lowest BCUT2D eigenvalue weighted by Crippen LogP contribution is -2.16. The normalized spacial score (nSPS) is 11.3. The number of benzene rings is 1. The fourth-order valence-corrected chi connectivity index (χ4v) is 2.37. The van der Waals surface area contributed by atoms with Gasteiger partial charge in [0.15, 0.2) is 5.82 Å². The number of furan rings is 1. The van der Waals surface area contributed by atoms with Crippen molar-refractivity contribution in [1.29, 1.82) is 0 Å². The fourth-order valence-electron chi connectivity index (χ4n) is 2.37. The first kappa shape index (κ1) is 15.1. The molecule has 0 saturated carbocycles. The van der Waals surface area contributed by atoms with Crippen LogP contribution in [0, 0.1) is 6.92 Å². The number of aromatic nitrogens is 3. The number of fused-ring (bicyclic) bond motifs is 1. The van der Waals surface area contributed by atoms with Crippen LogP contribution in [-0.2, 0) is 18.3 Å². The number of carbonyl (C=O) groups excluding carboxylic acids is 1. The van der Waals surface area contributed by atoms with Gasteiger partial charge in [0, 0.05) is 18.0 Å². The molecule has 0 aliphatic rings. The van der Waals surface area contributed by atoms with E-state index in [1.807, 2.05) is 25.1 Å². The Labute approximate surface area is 130 Å². The van der Waals surface area contributed by atoms with Crippen LogP contribution in [0.2, 0.25) is 0 Å². The molecule has 0 saturated heterocycles. The van der Waals surface area contributed by atoms with Crippen LogP contribution in [0.25, 0.3) is 11.0 Å². The highest BCUT2D eigenvalue weighted by atomic mass is 19.3. The van der Waals surface area contributed by atoms with Gasteiger partial charge >= 0.3 is 0 Å². The molecule has 23 heavy (non-hydrogen) atoms. The van der Waals surface area contributed by atoms with Crippen LogP contribution in [0.3, 0.4) is 0 Å². The molecular weight excluding hydrogens is 306 g/mol. The van der Waals surface area contributed by atoms with Crippen LogP contribution in [0.1, 0.15) is 23.2 Å². The summed E-state index contributed by atoms with van der Waals surface area (Å²) in [7, 11) is 1.34. The maximum Gasteiger partial charge on any atom is 0.283 e. The molecule has 0 fully saturated rings. The zero-order valence-corrected chi connectivity index (χ0v) is 12.5. The van der Waals surface area contributed by atoms with E-state index in [1.54, 1.807) is 0 Å². The average molecular weight is 320 g/mol. The van der Waals surface area contributed by atoms with Crippen molar-refractivity contribution in [2.75, 3.05) is 5.32 Å². The molecule has 0 unspecified atom stereocenters. The molecule has 2 heterocycles. The first-order valence-electron chi connectivity index (χ1n) is 6.90. The summed E-state index contributed by atoms with van der Waals surface area (Å²) in [5.74, 6) is -0.688. The lowest BCUT2D eigenvalue weighted by Gasteiger charge is -2.04. The molecule has 0 radical (unpaired) electrons. The Hall–Kier alpha value is -2.77. The number of nitrogens with zero attached hydrogens (tertiary/aromatic N) is 3. The molecule has 1 aromatic carbocycles. The molecule has 0 atom stereocenters. The van der Waals surface area contributed by atoms with Gasteiger partial charge in [-0.05, 0) is 18.6 Å². The van der Waals surface area contributed by atoms with E-state index in [1.165, 1.54) is 13.3 Å². The minimum absolute atomic E-state index is 0.00465. The van der Waals surface area contributed by atoms with Crippen molar-refractivity contribution >= 4 is 22.7 Å². The molecule has 120 valence electrons. The standard InChI is InChI=1S/C15H14F2N4O2/c1-8-3-4-10-9(7-23-11(10)5-8)6-12(22)18-15-13(14(16)17)21(2)20-19-15/h3-5,7,14H,6H2,1-2H3,(H,18,22). The molecule has 0 aliphatic carbocycles. The molecule has 1 N–H and O–H groups in total. The minimum atomic E-state index is -2.77. The fraction of sp³-hybridized carbons (Fsp3) is 0.267. The smallest absolute Gasteiger partial charge is 0.283 e. The third-order valence-electron chi connectivity index (χ3n) is 3.50. The van der Waals surface area contributed by atoms with Crippen LogP contribution in [0.4, 0.5) is 14.6 Å². The summed E-state index contributed by atoms with van der Waals surface area (Å²) in [4.78, 5) is 12.1. The Kier molecular flexibility index (Phi) is 3.81. The van der Waals surface area contributed by atoms with Crippen molar-refractivity contribution in [1.82, 2.24) is 15.0 Å². The van der Waals surface area contributed by atoms with Crippen molar-refractivity contribution in [3.8, 4) is 0 Å². The summed E-state index contributed by atoms with van der Waals surface area (Å²) < 4.78 is 32.2. The largest absolute Gasteiger partial charge is 0.464 e. The van der Waals surface area contributed by atoms with Gasteiger partial charge < -0.3 is 9.73 Å². The van der Waals surface area contributed by atoms with Gasteiger partial charge in [-0.15, -0.1) is 5.10 Å². The van der Waals surface area contributed by atoms with Crippen molar-refractivity contribution < 1.29 is 18.0 Å². The number of hydrogen-bond acceptors (Lipinski definition) is 4. The maximum atomic E-state index is 12.9. The predicted octanol–water partition coefficient (Wildman–Crippen LogP) is 2.99. The number of carbonyl (C=O) groups is 1. The quantitative estimate of drug-likeness (QED) is 0.802. The lowest BCUT2D eigenvalue weighted by molar-refractivity contribution is -0.115. The van der Waals surface area contributed by atoms with E-state index in [2.05, 4.69) is 15.6 Å². The first-order valence-corrected chi connectivity index (χ1v) is 6.90. The van der Waals surface area contributed by atoms with E-state index >= 15 is 0 Å². The van der Waals surface area contributed by atoms with Crippen molar-refractivity contribution in [2.24, 2.45) is 7.05 Å². The highest BCUT2D eigenvalue weighted by Gasteiger charge is 2.22. The summed E-state index contributed by atoms with van der Waals surface area (Å²) >= 11 is 0. The molecule has 2 aromatic heterocycles. The Bertz CT molecular complexity index is 870. The number of aryl methyl sites for hydroxylation is 2. The molecule has 0 bridgehead atoms. The summed E-state index contributed by atoms with van der Waals surface area (Å²) in [5, 5.41) is 10.2. The molecule has 0 spiro atoms. The van der Waals surface area contributed by atoms with Crippen LogP contribution < -0.4 is 5.32 Å². The number of amides is 1. The van der Waals surface area contributed by atoms with Crippen LogP contribution in [0.15, 0.2) is 28.9 Å². The van der Waals surface area contributed by atoms with E-state index in [9.17, 15) is 13.6 Å². The van der Waals surface area contributed by atoms with Gasteiger partial charge in [-0.3, -0.25) is 4.79 Å². The summed E-state index contributed by atoms with van der Waals surface area (Å²) in [6, 6.07) is 5.65. The Morgan fingerprint density at radius 2 is 2.22 bits per heavy atom. The summed E-state index contributed by atoms with van der Waals surface area (Å²) in [6.45, 7) is 1.94. The van der Waals surface area contributed by atoms with Gasteiger partial charge in [0.25, 0.3) is 6.43 Å². The number of rotatable bonds is 4. The summed E-state index contributed by atoms with van der Waals surface area (Å²) in [6.07, 6.45) is -1.29. The number of nitrogens with one attached hydrogen (secondary N) is 1. The third-order valence-corrected chi connectivity index (χ3v) is 3.50. The van der Waals surface area contributed by atoms with E-state index in [0.29, 0.717) is 11.1 Å². The maximum absolute atomic E-state index is 12.9. The van der Waals surface area contributed by atoms with Gasteiger partial charge in [0.05, 0.1) is 12.7 Å². The summed E-state index contributed by atoms with van der Waals surface area (Å²) in [5.41, 5.74) is 1.98. The van der Waals surface area contributed by atoms with Gasteiger partial charge in [-0.2, -0.15) is 0 Å². The number of anilines is 1. The number of hydrogen-bond donors (Lipinski definition) is 1. The first-order chi connectivity index (χ1) is 11.0. The second-order valence-electron chi connectivity index (χ2n) is 5.23. The molecule has 1 amide bonds. The molecule has 6 nitrogen and oxygen atoms in total. The van der Waals surface area contributed by atoms with Crippen LogP contribution >= 0.6 is 0 Å². The topological polar surface area (TPSA) is 73.0 Å². The van der Waals surface area contributed by atoms with E-state index in [-0.39, 0.29) is 12.2 Å². The van der Waals surface area contributed by atoms with Gasteiger partial charge in [-0.25, -0.2) is 13.5 Å². The molecular formula is C15H14F2N4O2. The van der Waals surface area contributed by atoms with Crippen molar-refractivity contribution in [2.45, 2.75) is 19.8 Å². The monoisotopic (exact) mass is 320 g/mol. The average Bonchev–Trinajstić information content (AvgIpc) is 3.02. The highest BCUT2D eigenvalue weighted by Crippen LogP contribution is 2.25. The molecule has 0 aliphatic heterocycles. The Morgan fingerprint density at radius 1 is 1.43 bits per heavy atom. The molecule has 3 aromatic rings. The minimum Gasteiger partial charge on any atom is -0.464 e. The van der Waals surface area contributed by atoms with Gasteiger partial charge in [-0.1, -0.05) is 17.3 Å². The van der Waals surface area contributed by atoms with Crippen LogP contribution in [-0.4, -0.2) is 20.9 Å².